The van der Waals surface area contributed by atoms with Crippen molar-refractivity contribution in [2.45, 2.75) is 0 Å². The second kappa shape index (κ2) is 5.19. The van der Waals surface area contributed by atoms with E-state index in [9.17, 15) is 0 Å². The van der Waals surface area contributed by atoms with E-state index in [2.05, 4.69) is 22.5 Å². The Bertz CT molecular complexity index is 377. The van der Waals surface area contributed by atoms with Gasteiger partial charge in [0.05, 0.1) is 14.2 Å². The van der Waals surface area contributed by atoms with Crippen LogP contribution in [0, 0.1) is 0 Å². The third-order valence-corrected chi connectivity index (χ3v) is 2.53. The molecule has 0 aliphatic carbocycles. The third-order valence-electron chi connectivity index (χ3n) is 2.07. The number of methoxy groups -OCH3 is 2. The Balaban J connectivity index is 3.35. The first-order chi connectivity index (χ1) is 7.13. The summed E-state index contributed by atoms with van der Waals surface area (Å²) in [4.78, 5) is 0. The summed E-state index contributed by atoms with van der Waals surface area (Å²) < 4.78 is 11.4. The molecule has 1 rings (SSSR count). The molecule has 4 heteroatoms. The summed E-state index contributed by atoms with van der Waals surface area (Å²) in [6.07, 6.45) is 0. The van der Waals surface area contributed by atoms with Crippen LogP contribution in [-0.4, -0.2) is 20.8 Å². The highest BCUT2D eigenvalue weighted by Crippen LogP contribution is 2.37. The summed E-state index contributed by atoms with van der Waals surface area (Å²) in [5.74, 6) is 1.33. The molecule has 1 aromatic rings. The molecule has 82 valence electrons. The van der Waals surface area contributed by atoms with Gasteiger partial charge in [-0.2, -0.15) is 0 Å². The standard InChI is InChI=1S/C11H14BrNO2/c1-7(6-13)9-4-8(12)5-10(14-2)11(9)15-3/h4-5H,1,6,13H2,2-3H3. The minimum absolute atomic E-state index is 0.385. The van der Waals surface area contributed by atoms with Gasteiger partial charge < -0.3 is 15.2 Å². The fraction of sp³-hybridized carbons (Fsp3) is 0.273. The van der Waals surface area contributed by atoms with E-state index in [-0.39, 0.29) is 0 Å². The van der Waals surface area contributed by atoms with Crippen molar-refractivity contribution in [2.24, 2.45) is 5.73 Å². The fourth-order valence-electron chi connectivity index (χ4n) is 1.30. The Morgan fingerprint density at radius 2 is 2.07 bits per heavy atom. The minimum atomic E-state index is 0.385. The fourth-order valence-corrected chi connectivity index (χ4v) is 1.74. The Labute approximate surface area is 98.0 Å². The Kier molecular flexibility index (Phi) is 4.17. The van der Waals surface area contributed by atoms with Gasteiger partial charge in [-0.15, -0.1) is 0 Å². The van der Waals surface area contributed by atoms with Crippen molar-refractivity contribution in [3.8, 4) is 11.5 Å². The quantitative estimate of drug-likeness (QED) is 0.915. The maximum absolute atomic E-state index is 5.56. The molecule has 0 aliphatic rings. The molecule has 0 saturated carbocycles. The van der Waals surface area contributed by atoms with Crippen LogP contribution in [0.4, 0.5) is 0 Å². The van der Waals surface area contributed by atoms with Crippen LogP contribution in [0.2, 0.25) is 0 Å². The average Bonchev–Trinajstić information content (AvgIpc) is 2.26. The highest BCUT2D eigenvalue weighted by molar-refractivity contribution is 9.10. The lowest BCUT2D eigenvalue weighted by Crippen LogP contribution is -2.03. The van der Waals surface area contributed by atoms with Gasteiger partial charge in [-0.3, -0.25) is 0 Å². The summed E-state index contributed by atoms with van der Waals surface area (Å²) in [7, 11) is 3.19. The van der Waals surface area contributed by atoms with Crippen molar-refractivity contribution in [2.75, 3.05) is 20.8 Å². The summed E-state index contributed by atoms with van der Waals surface area (Å²) in [6, 6.07) is 3.75. The summed E-state index contributed by atoms with van der Waals surface area (Å²) in [5.41, 5.74) is 7.24. The number of rotatable bonds is 4. The molecule has 0 aliphatic heterocycles. The second-order valence-corrected chi connectivity index (χ2v) is 3.91. The first-order valence-electron chi connectivity index (χ1n) is 4.43. The van der Waals surface area contributed by atoms with E-state index in [1.165, 1.54) is 0 Å². The van der Waals surface area contributed by atoms with E-state index in [1.807, 2.05) is 12.1 Å². The van der Waals surface area contributed by atoms with Crippen LogP contribution in [0.25, 0.3) is 5.57 Å². The Morgan fingerprint density at radius 1 is 1.40 bits per heavy atom. The average molecular weight is 272 g/mol. The van der Waals surface area contributed by atoms with Crippen molar-refractivity contribution >= 4 is 21.5 Å². The van der Waals surface area contributed by atoms with Gasteiger partial charge >= 0.3 is 0 Å². The van der Waals surface area contributed by atoms with Crippen LogP contribution in [0.3, 0.4) is 0 Å². The number of benzene rings is 1. The van der Waals surface area contributed by atoms with E-state index in [0.29, 0.717) is 18.0 Å². The number of halogens is 1. The second-order valence-electron chi connectivity index (χ2n) is 3.00. The van der Waals surface area contributed by atoms with Crippen molar-refractivity contribution < 1.29 is 9.47 Å². The molecule has 0 atom stereocenters. The molecular weight excluding hydrogens is 258 g/mol. The highest BCUT2D eigenvalue weighted by atomic mass is 79.9. The van der Waals surface area contributed by atoms with E-state index in [4.69, 9.17) is 15.2 Å². The molecule has 15 heavy (non-hydrogen) atoms. The summed E-state index contributed by atoms with van der Waals surface area (Å²) in [6.45, 7) is 4.27. The first kappa shape index (κ1) is 12.1. The number of nitrogens with two attached hydrogens (primary N) is 1. The zero-order valence-electron chi connectivity index (χ0n) is 8.84. The molecule has 0 heterocycles. The number of ether oxygens (including phenoxy) is 2. The van der Waals surface area contributed by atoms with Crippen LogP contribution in [0.15, 0.2) is 23.2 Å². The van der Waals surface area contributed by atoms with Crippen LogP contribution in [-0.2, 0) is 0 Å². The zero-order valence-corrected chi connectivity index (χ0v) is 10.4. The van der Waals surface area contributed by atoms with E-state index < -0.39 is 0 Å². The van der Waals surface area contributed by atoms with Crippen molar-refractivity contribution in [1.82, 2.24) is 0 Å². The molecule has 0 amide bonds. The predicted molar refractivity (Wildman–Crippen MR) is 65.3 cm³/mol. The third kappa shape index (κ3) is 2.52. The Morgan fingerprint density at radius 3 is 2.53 bits per heavy atom. The van der Waals surface area contributed by atoms with Gasteiger partial charge in [0.1, 0.15) is 0 Å². The molecule has 0 saturated heterocycles. The zero-order chi connectivity index (χ0) is 11.4. The number of hydrogen-bond donors (Lipinski definition) is 1. The van der Waals surface area contributed by atoms with Gasteiger partial charge in [0.25, 0.3) is 0 Å². The lowest BCUT2D eigenvalue weighted by molar-refractivity contribution is 0.354. The van der Waals surface area contributed by atoms with Gasteiger partial charge in [-0.25, -0.2) is 0 Å². The molecule has 0 spiro atoms. The van der Waals surface area contributed by atoms with Gasteiger partial charge in [-0.1, -0.05) is 22.5 Å². The maximum atomic E-state index is 5.56. The molecule has 0 unspecified atom stereocenters. The van der Waals surface area contributed by atoms with Crippen LogP contribution < -0.4 is 15.2 Å². The molecule has 2 N–H and O–H groups in total. The van der Waals surface area contributed by atoms with Gasteiger partial charge in [0.2, 0.25) is 0 Å². The minimum Gasteiger partial charge on any atom is -0.493 e. The van der Waals surface area contributed by atoms with Crippen molar-refractivity contribution in [3.05, 3.63) is 28.7 Å². The van der Waals surface area contributed by atoms with E-state index in [1.54, 1.807) is 14.2 Å². The van der Waals surface area contributed by atoms with Crippen molar-refractivity contribution in [3.63, 3.8) is 0 Å². The molecule has 3 nitrogen and oxygen atoms in total. The molecule has 0 bridgehead atoms. The van der Waals surface area contributed by atoms with Crippen LogP contribution in [0.5, 0.6) is 11.5 Å². The molecular formula is C11H14BrNO2. The largest absolute Gasteiger partial charge is 0.493 e. The predicted octanol–water partition coefficient (Wildman–Crippen LogP) is 2.44. The molecule has 0 radical (unpaired) electrons. The lowest BCUT2D eigenvalue weighted by atomic mass is 10.1. The lowest BCUT2D eigenvalue weighted by Gasteiger charge is -2.14. The van der Waals surface area contributed by atoms with Crippen molar-refractivity contribution in [1.29, 1.82) is 0 Å². The van der Waals surface area contributed by atoms with Gasteiger partial charge in [-0.05, 0) is 17.7 Å². The van der Waals surface area contributed by atoms with E-state index >= 15 is 0 Å². The summed E-state index contributed by atoms with van der Waals surface area (Å²) >= 11 is 3.40. The topological polar surface area (TPSA) is 44.5 Å². The summed E-state index contributed by atoms with van der Waals surface area (Å²) in [5, 5.41) is 0. The number of hydrogen-bond acceptors (Lipinski definition) is 3. The molecule has 1 aromatic carbocycles. The molecule has 0 aromatic heterocycles. The van der Waals surface area contributed by atoms with E-state index in [0.717, 1.165) is 15.6 Å². The smallest absolute Gasteiger partial charge is 0.168 e. The first-order valence-corrected chi connectivity index (χ1v) is 5.23. The molecule has 0 fully saturated rings. The normalized spacial score (nSPS) is 9.87. The van der Waals surface area contributed by atoms with Gasteiger partial charge in [0.15, 0.2) is 11.5 Å². The van der Waals surface area contributed by atoms with Gasteiger partial charge in [0, 0.05) is 16.6 Å². The van der Waals surface area contributed by atoms with Crippen LogP contribution in [0.1, 0.15) is 5.56 Å². The monoisotopic (exact) mass is 271 g/mol. The highest BCUT2D eigenvalue weighted by Gasteiger charge is 2.13. The SMILES string of the molecule is C=C(CN)c1cc(Br)cc(OC)c1OC. The maximum Gasteiger partial charge on any atom is 0.168 e. The Hall–Kier alpha value is -1.00. The van der Waals surface area contributed by atoms with Crippen LogP contribution >= 0.6 is 15.9 Å².